The summed E-state index contributed by atoms with van der Waals surface area (Å²) in [6, 6.07) is 22.9. The van der Waals surface area contributed by atoms with E-state index in [9.17, 15) is 0 Å². The van der Waals surface area contributed by atoms with E-state index in [-0.39, 0.29) is 0 Å². The summed E-state index contributed by atoms with van der Waals surface area (Å²) < 4.78 is 0. The second kappa shape index (κ2) is 9.01. The summed E-state index contributed by atoms with van der Waals surface area (Å²) in [5.41, 5.74) is 2.74. The highest BCUT2D eigenvalue weighted by Crippen LogP contribution is 2.53. The van der Waals surface area contributed by atoms with Gasteiger partial charge in [0, 0.05) is 59.9 Å². The molecular weight excluding hydrogens is 529 g/mol. The van der Waals surface area contributed by atoms with E-state index in [2.05, 4.69) is 88.4 Å². The maximum Gasteiger partial charge on any atom is 0.0542 e. The van der Waals surface area contributed by atoms with E-state index in [1.54, 1.807) is 0 Å². The second-order valence-corrected chi connectivity index (χ2v) is 15.6. The van der Waals surface area contributed by atoms with E-state index in [0.29, 0.717) is 0 Å². The van der Waals surface area contributed by atoms with Gasteiger partial charge >= 0.3 is 0 Å². The molecule has 0 aromatic carbocycles. The number of aryl methyl sites for hydroxylation is 4. The zero-order valence-electron chi connectivity index (χ0n) is 19.2. The lowest BCUT2D eigenvalue weighted by Crippen LogP contribution is -1.75. The van der Waals surface area contributed by atoms with Crippen LogP contribution in [-0.4, -0.2) is 0 Å². The van der Waals surface area contributed by atoms with E-state index in [4.69, 9.17) is 0 Å². The van der Waals surface area contributed by atoms with Crippen molar-refractivity contribution in [1.82, 2.24) is 0 Å². The summed E-state index contributed by atoms with van der Waals surface area (Å²) in [6.07, 6.45) is 0. The topological polar surface area (TPSA) is 0 Å². The Morgan fingerprint density at radius 3 is 0.971 bits per heavy atom. The van der Waals surface area contributed by atoms with Crippen LogP contribution in [0.25, 0.3) is 50.1 Å². The molecule has 0 aliphatic carbocycles. The Morgan fingerprint density at radius 2 is 0.676 bits per heavy atom. The fourth-order valence-corrected chi connectivity index (χ4v) is 10.3. The third-order valence-corrected chi connectivity index (χ3v) is 12.5. The van der Waals surface area contributed by atoms with Crippen LogP contribution in [-0.2, 0) is 0 Å². The first kappa shape index (κ1) is 22.7. The van der Waals surface area contributed by atoms with Crippen LogP contribution < -0.4 is 0 Å². The van der Waals surface area contributed by atoms with E-state index < -0.39 is 0 Å². The van der Waals surface area contributed by atoms with Crippen LogP contribution in [0.3, 0.4) is 0 Å². The molecule has 0 amide bonds. The summed E-state index contributed by atoms with van der Waals surface area (Å²) in [5.74, 6) is 0. The van der Waals surface area contributed by atoms with Crippen molar-refractivity contribution in [2.75, 3.05) is 0 Å². The van der Waals surface area contributed by atoms with Crippen LogP contribution in [0.5, 0.6) is 0 Å². The standard InChI is InChI=1S/C28H22S6/c1-15-5-9-21(29-15)19-13-25(23-11-7-17(3)31-23)33-27(19)28-20(22-10-6-16(2)30-22)14-26(34-28)24-12-8-18(4)32-24/h5-14H,1-4H3. The van der Waals surface area contributed by atoms with Crippen LogP contribution >= 0.6 is 68.0 Å². The number of hydrogen-bond donors (Lipinski definition) is 0. The van der Waals surface area contributed by atoms with Gasteiger partial charge in [-0.1, -0.05) is 0 Å². The minimum absolute atomic E-state index is 1.36. The van der Waals surface area contributed by atoms with Crippen molar-refractivity contribution in [3.05, 3.63) is 80.2 Å². The molecule has 0 saturated heterocycles. The van der Waals surface area contributed by atoms with Gasteiger partial charge in [0.15, 0.2) is 0 Å². The highest BCUT2D eigenvalue weighted by atomic mass is 32.1. The fourth-order valence-electron chi connectivity index (χ4n) is 4.02. The molecule has 0 bridgehead atoms. The lowest BCUT2D eigenvalue weighted by atomic mass is 10.1. The molecule has 6 heterocycles. The van der Waals surface area contributed by atoms with Crippen LogP contribution in [0.4, 0.5) is 0 Å². The third-order valence-electron chi connectivity index (χ3n) is 5.65. The summed E-state index contributed by atoms with van der Waals surface area (Å²) in [5, 5.41) is 0. The minimum Gasteiger partial charge on any atom is -0.141 e. The minimum atomic E-state index is 1.36. The monoisotopic (exact) mass is 550 g/mol. The van der Waals surface area contributed by atoms with Gasteiger partial charge in [0.2, 0.25) is 0 Å². The Hall–Kier alpha value is -1.80. The van der Waals surface area contributed by atoms with E-state index in [0.717, 1.165) is 0 Å². The molecule has 0 fully saturated rings. The molecule has 0 aliphatic rings. The Morgan fingerprint density at radius 1 is 0.353 bits per heavy atom. The summed E-state index contributed by atoms with van der Waals surface area (Å²) >= 11 is 11.5. The van der Waals surface area contributed by atoms with Gasteiger partial charge in [-0.3, -0.25) is 0 Å². The normalized spacial score (nSPS) is 11.5. The quantitative estimate of drug-likeness (QED) is 0.200. The number of rotatable bonds is 5. The SMILES string of the molecule is Cc1ccc(-c2cc(-c3ccc(C)s3)c(-c3sc(-c4ccc(C)s4)cc3-c3ccc(C)s3)s2)s1. The van der Waals surface area contributed by atoms with Gasteiger partial charge < -0.3 is 0 Å². The maximum atomic E-state index is 2.43. The molecule has 170 valence electrons. The zero-order chi connectivity index (χ0) is 23.4. The van der Waals surface area contributed by atoms with Gasteiger partial charge in [0.1, 0.15) is 0 Å². The summed E-state index contributed by atoms with van der Waals surface area (Å²) in [6.45, 7) is 8.79. The van der Waals surface area contributed by atoms with Crippen molar-refractivity contribution in [3.63, 3.8) is 0 Å². The van der Waals surface area contributed by atoms with Crippen molar-refractivity contribution >= 4 is 68.0 Å². The molecule has 34 heavy (non-hydrogen) atoms. The van der Waals surface area contributed by atoms with Gasteiger partial charge in [-0.15, -0.1) is 68.0 Å². The highest BCUT2D eigenvalue weighted by molar-refractivity contribution is 7.30. The van der Waals surface area contributed by atoms with Gasteiger partial charge in [-0.2, -0.15) is 0 Å². The fraction of sp³-hybridized carbons (Fsp3) is 0.143. The molecule has 0 nitrogen and oxygen atoms in total. The van der Waals surface area contributed by atoms with Gasteiger partial charge in [-0.05, 0) is 88.4 Å². The molecule has 6 rings (SSSR count). The van der Waals surface area contributed by atoms with Crippen LogP contribution in [0, 0.1) is 27.7 Å². The predicted molar refractivity (Wildman–Crippen MR) is 160 cm³/mol. The molecule has 0 N–H and O–H groups in total. The van der Waals surface area contributed by atoms with E-state index >= 15 is 0 Å². The van der Waals surface area contributed by atoms with Gasteiger partial charge in [-0.25, -0.2) is 0 Å². The molecular formula is C28H22S6. The van der Waals surface area contributed by atoms with Crippen LogP contribution in [0.1, 0.15) is 19.5 Å². The van der Waals surface area contributed by atoms with Crippen molar-refractivity contribution < 1.29 is 0 Å². The molecule has 0 saturated carbocycles. The average molecular weight is 551 g/mol. The third kappa shape index (κ3) is 4.21. The van der Waals surface area contributed by atoms with Crippen molar-refractivity contribution in [2.45, 2.75) is 27.7 Å². The lowest BCUT2D eigenvalue weighted by Gasteiger charge is -2.03. The van der Waals surface area contributed by atoms with Crippen molar-refractivity contribution in [3.8, 4) is 50.1 Å². The average Bonchev–Trinajstić information content (AvgIpc) is 3.61. The van der Waals surface area contributed by atoms with Gasteiger partial charge in [0.05, 0.1) is 9.75 Å². The summed E-state index contributed by atoms with van der Waals surface area (Å²) in [7, 11) is 0. The first-order valence-corrected chi connectivity index (χ1v) is 15.9. The Labute approximate surface area is 224 Å². The van der Waals surface area contributed by atoms with E-state index in [1.807, 2.05) is 68.0 Å². The van der Waals surface area contributed by atoms with Crippen LogP contribution in [0.2, 0.25) is 0 Å². The molecule has 0 radical (unpaired) electrons. The first-order valence-electron chi connectivity index (χ1n) is 11.0. The van der Waals surface area contributed by atoms with E-state index in [1.165, 1.54) is 69.7 Å². The molecule has 0 aliphatic heterocycles. The Kier molecular flexibility index (Phi) is 6.00. The van der Waals surface area contributed by atoms with Crippen molar-refractivity contribution in [1.29, 1.82) is 0 Å². The molecule has 0 atom stereocenters. The molecule has 6 aromatic rings. The molecule has 6 heteroatoms. The Balaban J connectivity index is 1.59. The predicted octanol–water partition coefficient (Wildman–Crippen LogP) is 11.6. The van der Waals surface area contributed by atoms with Gasteiger partial charge in [0.25, 0.3) is 0 Å². The lowest BCUT2D eigenvalue weighted by molar-refractivity contribution is 1.64. The molecule has 0 unspecified atom stereocenters. The highest BCUT2D eigenvalue weighted by Gasteiger charge is 2.23. The zero-order valence-corrected chi connectivity index (χ0v) is 24.1. The number of hydrogen-bond acceptors (Lipinski definition) is 6. The van der Waals surface area contributed by atoms with Crippen molar-refractivity contribution in [2.24, 2.45) is 0 Å². The first-order chi connectivity index (χ1) is 16.4. The van der Waals surface area contributed by atoms with Crippen LogP contribution in [0.15, 0.2) is 60.7 Å². The smallest absolute Gasteiger partial charge is 0.0542 e. The Bertz CT molecular complexity index is 1480. The molecule has 6 aromatic heterocycles. The largest absolute Gasteiger partial charge is 0.141 e. The summed E-state index contributed by atoms with van der Waals surface area (Å²) in [4.78, 5) is 16.4. The second-order valence-electron chi connectivity index (χ2n) is 8.35. The molecule has 0 spiro atoms. The number of thiophene rings is 6. The maximum absolute atomic E-state index is 2.43.